The average Bonchev–Trinajstić information content (AvgIpc) is 2.41. The van der Waals surface area contributed by atoms with Gasteiger partial charge in [0.05, 0.1) is 17.1 Å². The van der Waals surface area contributed by atoms with Crippen LogP contribution in [0.25, 0.3) is 11.4 Å². The number of nitrogens with zero attached hydrogens (tertiary/aromatic N) is 1. The first-order valence-electron chi connectivity index (χ1n) is 6.07. The van der Waals surface area contributed by atoms with Gasteiger partial charge in [0.1, 0.15) is 16.2 Å². The standard InChI is InChI=1S/C14H14BrClN2OS/c1-7(2)12-11(15)14(20)18-13(17-12)9-5-4-8(16)6-10(9)19-3/h4-7H,1-3H3,(H,17,18,20). The van der Waals surface area contributed by atoms with E-state index in [0.29, 0.717) is 27.2 Å². The van der Waals surface area contributed by atoms with Crippen molar-refractivity contribution < 1.29 is 4.74 Å². The monoisotopic (exact) mass is 372 g/mol. The Labute approximate surface area is 136 Å². The van der Waals surface area contributed by atoms with Crippen LogP contribution < -0.4 is 4.74 Å². The summed E-state index contributed by atoms with van der Waals surface area (Å²) < 4.78 is 6.72. The lowest BCUT2D eigenvalue weighted by molar-refractivity contribution is 0.416. The summed E-state index contributed by atoms with van der Waals surface area (Å²) in [5.41, 5.74) is 1.84. The number of methoxy groups -OCH3 is 1. The molecule has 0 fully saturated rings. The van der Waals surface area contributed by atoms with E-state index in [-0.39, 0.29) is 0 Å². The lowest BCUT2D eigenvalue weighted by Crippen LogP contribution is -2.01. The van der Waals surface area contributed by atoms with E-state index in [1.54, 1.807) is 19.2 Å². The van der Waals surface area contributed by atoms with Crippen LogP contribution in [0.2, 0.25) is 5.02 Å². The normalized spacial score (nSPS) is 10.9. The minimum absolute atomic E-state index is 0.297. The number of rotatable bonds is 3. The zero-order chi connectivity index (χ0) is 14.9. The summed E-state index contributed by atoms with van der Waals surface area (Å²) >= 11 is 14.8. The van der Waals surface area contributed by atoms with Gasteiger partial charge in [0.25, 0.3) is 0 Å². The Morgan fingerprint density at radius 3 is 2.70 bits per heavy atom. The van der Waals surface area contributed by atoms with Gasteiger partial charge in [-0.1, -0.05) is 37.7 Å². The third-order valence-corrected chi connectivity index (χ3v) is 4.48. The topological polar surface area (TPSA) is 37.9 Å². The van der Waals surface area contributed by atoms with Gasteiger partial charge in [-0.15, -0.1) is 0 Å². The molecule has 0 aliphatic heterocycles. The van der Waals surface area contributed by atoms with Gasteiger partial charge in [-0.2, -0.15) is 0 Å². The highest BCUT2D eigenvalue weighted by molar-refractivity contribution is 9.10. The molecular weight excluding hydrogens is 360 g/mol. The van der Waals surface area contributed by atoms with Crippen molar-refractivity contribution in [3.63, 3.8) is 0 Å². The fourth-order valence-corrected chi connectivity index (χ4v) is 2.87. The van der Waals surface area contributed by atoms with Crippen molar-refractivity contribution in [2.24, 2.45) is 0 Å². The Balaban J connectivity index is 2.67. The van der Waals surface area contributed by atoms with E-state index >= 15 is 0 Å². The molecule has 0 aliphatic rings. The van der Waals surface area contributed by atoms with Crippen molar-refractivity contribution in [3.8, 4) is 17.1 Å². The molecule has 106 valence electrons. The molecule has 3 nitrogen and oxygen atoms in total. The van der Waals surface area contributed by atoms with Gasteiger partial charge in [0.2, 0.25) is 0 Å². The van der Waals surface area contributed by atoms with Crippen LogP contribution in [0, 0.1) is 4.64 Å². The Morgan fingerprint density at radius 1 is 1.40 bits per heavy atom. The van der Waals surface area contributed by atoms with Crippen LogP contribution in [-0.2, 0) is 0 Å². The zero-order valence-corrected chi connectivity index (χ0v) is 14.5. The number of benzene rings is 1. The predicted molar refractivity (Wildman–Crippen MR) is 88.2 cm³/mol. The number of H-pyrrole nitrogens is 1. The summed E-state index contributed by atoms with van der Waals surface area (Å²) in [7, 11) is 1.60. The molecule has 6 heteroatoms. The smallest absolute Gasteiger partial charge is 0.144 e. The minimum Gasteiger partial charge on any atom is -0.496 e. The molecule has 2 rings (SSSR count). The molecule has 1 N–H and O–H groups in total. The first-order valence-corrected chi connectivity index (χ1v) is 7.65. The third-order valence-electron chi connectivity index (χ3n) is 2.89. The van der Waals surface area contributed by atoms with Gasteiger partial charge >= 0.3 is 0 Å². The van der Waals surface area contributed by atoms with E-state index in [1.807, 2.05) is 6.07 Å². The first-order chi connectivity index (χ1) is 9.43. The minimum atomic E-state index is 0.297. The molecule has 1 aromatic carbocycles. The Bertz CT molecular complexity index is 700. The fourth-order valence-electron chi connectivity index (χ4n) is 1.86. The molecule has 0 saturated carbocycles. The zero-order valence-electron chi connectivity index (χ0n) is 11.3. The van der Waals surface area contributed by atoms with Crippen LogP contribution in [0.1, 0.15) is 25.5 Å². The number of aromatic nitrogens is 2. The van der Waals surface area contributed by atoms with Gasteiger partial charge in [-0.3, -0.25) is 0 Å². The van der Waals surface area contributed by atoms with Gasteiger partial charge in [-0.25, -0.2) is 4.98 Å². The van der Waals surface area contributed by atoms with Crippen molar-refractivity contribution in [2.75, 3.05) is 7.11 Å². The number of hydrogen-bond acceptors (Lipinski definition) is 3. The second kappa shape index (κ2) is 6.24. The molecule has 0 bridgehead atoms. The van der Waals surface area contributed by atoms with Crippen molar-refractivity contribution in [3.05, 3.63) is 38.0 Å². The highest BCUT2D eigenvalue weighted by Crippen LogP contribution is 2.32. The van der Waals surface area contributed by atoms with Crippen LogP contribution in [0.4, 0.5) is 0 Å². The van der Waals surface area contributed by atoms with E-state index in [2.05, 4.69) is 39.7 Å². The van der Waals surface area contributed by atoms with Crippen LogP contribution in [0.15, 0.2) is 22.7 Å². The predicted octanol–water partition coefficient (Wildman–Crippen LogP) is 5.35. The number of halogens is 2. The Morgan fingerprint density at radius 2 is 2.10 bits per heavy atom. The Hall–Kier alpha value is -0.910. The van der Waals surface area contributed by atoms with Crippen molar-refractivity contribution in [1.82, 2.24) is 9.97 Å². The summed E-state index contributed by atoms with van der Waals surface area (Å²) in [6.07, 6.45) is 0. The van der Waals surface area contributed by atoms with Crippen molar-refractivity contribution in [1.29, 1.82) is 0 Å². The first kappa shape index (κ1) is 15.5. The Kier molecular flexibility index (Phi) is 4.83. The molecule has 0 spiro atoms. The number of ether oxygens (including phenoxy) is 1. The maximum atomic E-state index is 5.98. The van der Waals surface area contributed by atoms with Gasteiger partial charge in [0.15, 0.2) is 0 Å². The van der Waals surface area contributed by atoms with Crippen molar-refractivity contribution >= 4 is 39.7 Å². The molecule has 0 aliphatic carbocycles. The largest absolute Gasteiger partial charge is 0.496 e. The van der Waals surface area contributed by atoms with E-state index in [1.165, 1.54) is 0 Å². The molecule has 2 aromatic rings. The highest BCUT2D eigenvalue weighted by atomic mass is 79.9. The molecule has 20 heavy (non-hydrogen) atoms. The summed E-state index contributed by atoms with van der Waals surface area (Å²) in [5, 5.41) is 0.616. The molecule has 0 saturated heterocycles. The summed E-state index contributed by atoms with van der Waals surface area (Å²) in [4.78, 5) is 7.73. The second-order valence-electron chi connectivity index (χ2n) is 4.62. The molecule has 0 amide bonds. The number of aromatic amines is 1. The lowest BCUT2D eigenvalue weighted by atomic mass is 10.1. The fraction of sp³-hybridized carbons (Fsp3) is 0.286. The molecular formula is C14H14BrClN2OS. The SMILES string of the molecule is COc1cc(Cl)ccc1-c1nc(=S)c(Br)c(C(C)C)[nH]1. The molecule has 1 heterocycles. The molecule has 0 unspecified atom stereocenters. The van der Waals surface area contributed by atoms with Crippen LogP contribution >= 0.6 is 39.7 Å². The van der Waals surface area contributed by atoms with Crippen molar-refractivity contribution in [2.45, 2.75) is 19.8 Å². The molecule has 0 atom stereocenters. The van der Waals surface area contributed by atoms with E-state index in [4.69, 9.17) is 28.6 Å². The van der Waals surface area contributed by atoms with E-state index in [0.717, 1.165) is 15.7 Å². The summed E-state index contributed by atoms with van der Waals surface area (Å²) in [6.45, 7) is 4.18. The van der Waals surface area contributed by atoms with Gasteiger partial charge < -0.3 is 9.72 Å². The maximum Gasteiger partial charge on any atom is 0.144 e. The lowest BCUT2D eigenvalue weighted by Gasteiger charge is -2.13. The second-order valence-corrected chi connectivity index (χ2v) is 6.23. The van der Waals surface area contributed by atoms with E-state index in [9.17, 15) is 0 Å². The quantitative estimate of drug-likeness (QED) is 0.737. The third kappa shape index (κ3) is 3.05. The van der Waals surface area contributed by atoms with Gasteiger partial charge in [-0.05, 0) is 40.0 Å². The molecule has 0 radical (unpaired) electrons. The summed E-state index contributed by atoms with van der Waals surface area (Å²) in [5.74, 6) is 1.63. The van der Waals surface area contributed by atoms with E-state index < -0.39 is 0 Å². The summed E-state index contributed by atoms with van der Waals surface area (Å²) in [6, 6.07) is 5.43. The van der Waals surface area contributed by atoms with Gasteiger partial charge in [0, 0.05) is 10.7 Å². The molecule has 1 aromatic heterocycles. The maximum absolute atomic E-state index is 5.98. The van der Waals surface area contributed by atoms with Crippen LogP contribution in [0.5, 0.6) is 5.75 Å². The number of nitrogens with one attached hydrogen (secondary N) is 1. The number of hydrogen-bond donors (Lipinski definition) is 1. The average molecular weight is 374 g/mol. The highest BCUT2D eigenvalue weighted by Gasteiger charge is 2.14. The van der Waals surface area contributed by atoms with Crippen LogP contribution in [-0.4, -0.2) is 17.1 Å². The van der Waals surface area contributed by atoms with Crippen LogP contribution in [0.3, 0.4) is 0 Å².